The number of rotatable bonds is 5. The number of nitrogens with zero attached hydrogens (tertiary/aromatic N) is 4. The molecule has 0 saturated carbocycles. The number of hydrogen-bond acceptors (Lipinski definition) is 4. The largest absolute Gasteiger partial charge is 0.358 e. The van der Waals surface area contributed by atoms with Crippen molar-refractivity contribution in [3.8, 4) is 0 Å². The van der Waals surface area contributed by atoms with Gasteiger partial charge in [-0.05, 0) is 39.2 Å². The van der Waals surface area contributed by atoms with E-state index in [1.807, 2.05) is 7.05 Å². The first-order valence-electron chi connectivity index (χ1n) is 6.45. The fraction of sp³-hybridized carbons (Fsp3) is 0.429. The highest BCUT2D eigenvalue weighted by atomic mass is 35.5. The molecule has 0 aliphatic heterocycles. The number of benzene rings is 1. The Morgan fingerprint density at radius 1 is 1.00 bits per heavy atom. The van der Waals surface area contributed by atoms with Gasteiger partial charge >= 0.3 is 0 Å². The van der Waals surface area contributed by atoms with E-state index < -0.39 is 0 Å². The molecule has 2 aromatic rings. The molecule has 2 rings (SSSR count). The summed E-state index contributed by atoms with van der Waals surface area (Å²) in [5, 5.41) is 1.00. The molecule has 108 valence electrons. The van der Waals surface area contributed by atoms with Crippen LogP contribution in [-0.2, 0) is 0 Å². The Morgan fingerprint density at radius 2 is 1.65 bits per heavy atom. The van der Waals surface area contributed by atoms with Crippen LogP contribution in [0.25, 0.3) is 11.0 Å². The van der Waals surface area contributed by atoms with E-state index in [-0.39, 0.29) is 0 Å². The number of fused-ring (bicyclic) bond motifs is 1. The zero-order valence-electron chi connectivity index (χ0n) is 11.9. The third-order valence-corrected chi connectivity index (χ3v) is 3.78. The first kappa shape index (κ1) is 15.3. The van der Waals surface area contributed by atoms with Crippen LogP contribution < -0.4 is 4.90 Å². The summed E-state index contributed by atoms with van der Waals surface area (Å²) in [6.45, 7) is 1.98. The summed E-state index contributed by atoms with van der Waals surface area (Å²) < 4.78 is 0. The van der Waals surface area contributed by atoms with E-state index in [9.17, 15) is 0 Å². The molecule has 0 atom stereocenters. The van der Waals surface area contributed by atoms with Crippen LogP contribution >= 0.6 is 23.2 Å². The highest BCUT2D eigenvalue weighted by molar-refractivity contribution is 6.42. The van der Waals surface area contributed by atoms with Crippen LogP contribution in [0.5, 0.6) is 0 Å². The summed E-state index contributed by atoms with van der Waals surface area (Å²) >= 11 is 12.0. The van der Waals surface area contributed by atoms with Gasteiger partial charge in [0.1, 0.15) is 5.82 Å². The van der Waals surface area contributed by atoms with Gasteiger partial charge in [-0.15, -0.1) is 0 Å². The van der Waals surface area contributed by atoms with E-state index >= 15 is 0 Å². The predicted octanol–water partition coefficient (Wildman–Crippen LogP) is 3.32. The molecule has 0 saturated heterocycles. The quantitative estimate of drug-likeness (QED) is 0.847. The van der Waals surface area contributed by atoms with Crippen molar-refractivity contribution in [2.75, 3.05) is 39.1 Å². The molecule has 1 aromatic heterocycles. The fourth-order valence-corrected chi connectivity index (χ4v) is 2.24. The van der Waals surface area contributed by atoms with Crippen molar-refractivity contribution in [3.05, 3.63) is 28.4 Å². The number of halogens is 2. The van der Waals surface area contributed by atoms with Gasteiger partial charge in [0.05, 0.1) is 27.3 Å². The minimum Gasteiger partial charge on any atom is -0.358 e. The van der Waals surface area contributed by atoms with Gasteiger partial charge in [0.25, 0.3) is 0 Å². The van der Waals surface area contributed by atoms with Gasteiger partial charge < -0.3 is 9.80 Å². The maximum atomic E-state index is 6.02. The standard InChI is InChI=1S/C14H18Cl2N4/c1-19(2)5-4-6-20(3)14-9-17-12-7-10(15)11(16)8-13(12)18-14/h7-9H,4-6H2,1-3H3. The fourth-order valence-electron chi connectivity index (χ4n) is 1.92. The molecule has 1 heterocycles. The average Bonchev–Trinajstić information content (AvgIpc) is 2.39. The van der Waals surface area contributed by atoms with Crippen LogP contribution in [0.2, 0.25) is 10.0 Å². The number of aromatic nitrogens is 2. The second-order valence-corrected chi connectivity index (χ2v) is 5.88. The lowest BCUT2D eigenvalue weighted by Crippen LogP contribution is -2.24. The minimum atomic E-state index is 0.501. The van der Waals surface area contributed by atoms with Gasteiger partial charge in [-0.1, -0.05) is 23.2 Å². The first-order chi connectivity index (χ1) is 9.47. The van der Waals surface area contributed by atoms with Gasteiger partial charge in [0.15, 0.2) is 0 Å². The number of hydrogen-bond donors (Lipinski definition) is 0. The van der Waals surface area contributed by atoms with Crippen LogP contribution in [0.3, 0.4) is 0 Å². The molecule has 0 amide bonds. The average molecular weight is 313 g/mol. The Kier molecular flexibility index (Phi) is 5.02. The second-order valence-electron chi connectivity index (χ2n) is 5.06. The van der Waals surface area contributed by atoms with E-state index in [0.29, 0.717) is 10.0 Å². The third kappa shape index (κ3) is 3.72. The Labute approximate surface area is 129 Å². The van der Waals surface area contributed by atoms with Crippen LogP contribution in [0.1, 0.15) is 6.42 Å². The summed E-state index contributed by atoms with van der Waals surface area (Å²) in [6, 6.07) is 3.49. The minimum absolute atomic E-state index is 0.501. The third-order valence-electron chi connectivity index (χ3n) is 3.06. The van der Waals surface area contributed by atoms with Crippen molar-refractivity contribution in [1.82, 2.24) is 14.9 Å². The predicted molar refractivity (Wildman–Crippen MR) is 86.0 cm³/mol. The van der Waals surface area contributed by atoms with Gasteiger partial charge in [-0.2, -0.15) is 0 Å². The molecule has 0 aliphatic rings. The SMILES string of the molecule is CN(C)CCCN(C)c1cnc2cc(Cl)c(Cl)cc2n1. The topological polar surface area (TPSA) is 32.3 Å². The molecule has 0 radical (unpaired) electrons. The smallest absolute Gasteiger partial charge is 0.147 e. The molecule has 0 fully saturated rings. The summed E-state index contributed by atoms with van der Waals surface area (Å²) in [4.78, 5) is 13.2. The van der Waals surface area contributed by atoms with Crippen molar-refractivity contribution in [1.29, 1.82) is 0 Å². The zero-order valence-corrected chi connectivity index (χ0v) is 13.4. The van der Waals surface area contributed by atoms with Crippen molar-refractivity contribution < 1.29 is 0 Å². The highest BCUT2D eigenvalue weighted by Gasteiger charge is 2.07. The van der Waals surface area contributed by atoms with E-state index in [1.54, 1.807) is 18.3 Å². The normalized spacial score (nSPS) is 11.3. The lowest BCUT2D eigenvalue weighted by atomic mass is 10.3. The maximum absolute atomic E-state index is 6.02. The molecule has 1 aromatic carbocycles. The monoisotopic (exact) mass is 312 g/mol. The Bertz CT molecular complexity index is 601. The molecule has 0 N–H and O–H groups in total. The molecule has 0 unspecified atom stereocenters. The van der Waals surface area contributed by atoms with Crippen LogP contribution in [-0.4, -0.2) is 49.1 Å². The molecule has 0 bridgehead atoms. The summed E-state index contributed by atoms with van der Waals surface area (Å²) in [7, 11) is 6.16. The molecule has 6 heteroatoms. The highest BCUT2D eigenvalue weighted by Crippen LogP contribution is 2.26. The Balaban J connectivity index is 2.16. The first-order valence-corrected chi connectivity index (χ1v) is 7.20. The number of anilines is 1. The Hall–Kier alpha value is -1.10. The van der Waals surface area contributed by atoms with Gasteiger partial charge in [0, 0.05) is 13.6 Å². The summed E-state index contributed by atoms with van der Waals surface area (Å²) in [5.41, 5.74) is 1.52. The van der Waals surface area contributed by atoms with Crippen LogP contribution in [0.15, 0.2) is 18.3 Å². The molecular formula is C14H18Cl2N4. The van der Waals surface area contributed by atoms with E-state index in [1.165, 1.54) is 0 Å². The lowest BCUT2D eigenvalue weighted by Gasteiger charge is -2.19. The Morgan fingerprint density at radius 3 is 2.30 bits per heavy atom. The van der Waals surface area contributed by atoms with E-state index in [4.69, 9.17) is 23.2 Å². The van der Waals surface area contributed by atoms with Crippen LogP contribution in [0, 0.1) is 0 Å². The molecular weight excluding hydrogens is 295 g/mol. The lowest BCUT2D eigenvalue weighted by molar-refractivity contribution is 0.401. The second kappa shape index (κ2) is 6.57. The van der Waals surface area contributed by atoms with Crippen molar-refractivity contribution in [2.45, 2.75) is 6.42 Å². The molecule has 0 aliphatic carbocycles. The van der Waals surface area contributed by atoms with Gasteiger partial charge in [-0.25, -0.2) is 4.98 Å². The van der Waals surface area contributed by atoms with Crippen molar-refractivity contribution in [3.63, 3.8) is 0 Å². The molecule has 20 heavy (non-hydrogen) atoms. The summed E-state index contributed by atoms with van der Waals surface area (Å²) in [5.74, 6) is 0.842. The zero-order chi connectivity index (χ0) is 14.7. The molecule has 0 spiro atoms. The maximum Gasteiger partial charge on any atom is 0.147 e. The van der Waals surface area contributed by atoms with Crippen LogP contribution in [0.4, 0.5) is 5.82 Å². The van der Waals surface area contributed by atoms with E-state index in [2.05, 4.69) is 33.9 Å². The molecule has 4 nitrogen and oxygen atoms in total. The summed E-state index contributed by atoms with van der Waals surface area (Å²) in [6.07, 6.45) is 2.84. The van der Waals surface area contributed by atoms with Crippen molar-refractivity contribution >= 4 is 40.1 Å². The van der Waals surface area contributed by atoms with Crippen molar-refractivity contribution in [2.24, 2.45) is 0 Å². The van der Waals surface area contributed by atoms with Gasteiger partial charge in [0.2, 0.25) is 0 Å². The van der Waals surface area contributed by atoms with E-state index in [0.717, 1.165) is 36.4 Å². The van der Waals surface area contributed by atoms with Gasteiger partial charge in [-0.3, -0.25) is 4.98 Å².